The van der Waals surface area contributed by atoms with Crippen LogP contribution in [-0.4, -0.2) is 37.0 Å². The van der Waals surface area contributed by atoms with E-state index in [1.54, 1.807) is 30.1 Å². The van der Waals surface area contributed by atoms with Gasteiger partial charge in [-0.2, -0.15) is 5.10 Å². The van der Waals surface area contributed by atoms with E-state index in [4.69, 9.17) is 30.9 Å². The van der Waals surface area contributed by atoms with Crippen LogP contribution in [0.3, 0.4) is 0 Å². The van der Waals surface area contributed by atoms with E-state index < -0.39 is 0 Å². The van der Waals surface area contributed by atoms with Gasteiger partial charge in [0.1, 0.15) is 22.9 Å². The van der Waals surface area contributed by atoms with Gasteiger partial charge in [-0.15, -0.1) is 0 Å². The second kappa shape index (κ2) is 10.3. The van der Waals surface area contributed by atoms with Gasteiger partial charge >= 0.3 is 0 Å². The molecule has 3 aromatic carbocycles. The fraction of sp³-hybridized carbons (Fsp3) is 0.154. The average Bonchev–Trinajstić information content (AvgIpc) is 3.29. The van der Waals surface area contributed by atoms with Crippen LogP contribution in [0.4, 0.5) is 5.69 Å². The molecule has 0 unspecified atom stereocenters. The highest BCUT2D eigenvalue weighted by molar-refractivity contribution is 6.32. The maximum atomic E-state index is 13.4. The van der Waals surface area contributed by atoms with Crippen LogP contribution in [0.2, 0.25) is 5.02 Å². The van der Waals surface area contributed by atoms with Gasteiger partial charge in [0.15, 0.2) is 0 Å². The molecule has 4 aromatic rings. The zero-order valence-electron chi connectivity index (χ0n) is 19.0. The third-order valence-corrected chi connectivity index (χ3v) is 5.55. The summed E-state index contributed by atoms with van der Waals surface area (Å²) in [7, 11) is 4.62. The number of ether oxygens (including phenoxy) is 3. The Hall–Kier alpha value is -3.97. The number of halogens is 1. The lowest BCUT2D eigenvalue weighted by molar-refractivity contribution is 0.102. The molecule has 1 aromatic heterocycles. The minimum Gasteiger partial charge on any atom is -0.497 e. The van der Waals surface area contributed by atoms with Gasteiger partial charge in [-0.1, -0.05) is 54.1 Å². The van der Waals surface area contributed by atoms with Crippen LogP contribution < -0.4 is 19.5 Å². The Kier molecular flexibility index (Phi) is 7.04. The molecule has 8 heteroatoms. The van der Waals surface area contributed by atoms with Crippen molar-refractivity contribution in [1.29, 1.82) is 0 Å². The van der Waals surface area contributed by atoms with Gasteiger partial charge in [0.25, 0.3) is 5.91 Å². The van der Waals surface area contributed by atoms with Crippen molar-refractivity contribution in [2.24, 2.45) is 0 Å². The fourth-order valence-corrected chi connectivity index (χ4v) is 3.81. The van der Waals surface area contributed by atoms with Crippen LogP contribution in [0.15, 0.2) is 72.9 Å². The number of amides is 1. The minimum absolute atomic E-state index is 0.350. The summed E-state index contributed by atoms with van der Waals surface area (Å²) in [5.41, 5.74) is 3.18. The lowest BCUT2D eigenvalue weighted by atomic mass is 10.1. The maximum absolute atomic E-state index is 13.4. The average molecular weight is 478 g/mol. The number of nitrogens with one attached hydrogen (secondary N) is 1. The van der Waals surface area contributed by atoms with Gasteiger partial charge in [-0.25, -0.2) is 0 Å². The number of hydrogen-bond donors (Lipinski definition) is 1. The summed E-state index contributed by atoms with van der Waals surface area (Å²) in [6, 6.07) is 20.6. The minimum atomic E-state index is -0.350. The Morgan fingerprint density at radius 1 is 0.941 bits per heavy atom. The van der Waals surface area contributed by atoms with Crippen molar-refractivity contribution in [3.05, 3.63) is 89.1 Å². The molecule has 34 heavy (non-hydrogen) atoms. The van der Waals surface area contributed by atoms with Crippen molar-refractivity contribution >= 4 is 23.2 Å². The first-order chi connectivity index (χ1) is 16.5. The Balaban J connectivity index is 1.73. The molecule has 0 radical (unpaired) electrons. The maximum Gasteiger partial charge on any atom is 0.259 e. The van der Waals surface area contributed by atoms with Crippen molar-refractivity contribution < 1.29 is 19.0 Å². The van der Waals surface area contributed by atoms with Crippen molar-refractivity contribution in [1.82, 2.24) is 9.78 Å². The monoisotopic (exact) mass is 477 g/mol. The van der Waals surface area contributed by atoms with E-state index in [1.165, 1.54) is 14.2 Å². The second-order valence-corrected chi connectivity index (χ2v) is 7.85. The molecule has 0 fully saturated rings. The molecular formula is C26H24ClN3O4. The number of rotatable bonds is 8. The predicted molar refractivity (Wildman–Crippen MR) is 132 cm³/mol. The Bertz CT molecular complexity index is 1300. The van der Waals surface area contributed by atoms with Crippen LogP contribution in [-0.2, 0) is 6.54 Å². The Morgan fingerprint density at radius 3 is 2.41 bits per heavy atom. The van der Waals surface area contributed by atoms with Gasteiger partial charge in [-0.3, -0.25) is 9.48 Å². The summed E-state index contributed by atoms with van der Waals surface area (Å²) >= 11 is 6.28. The number of hydrogen-bond acceptors (Lipinski definition) is 5. The summed E-state index contributed by atoms with van der Waals surface area (Å²) in [4.78, 5) is 13.4. The molecule has 1 amide bonds. The van der Waals surface area contributed by atoms with Gasteiger partial charge in [-0.05, 0) is 23.8 Å². The summed E-state index contributed by atoms with van der Waals surface area (Å²) < 4.78 is 17.8. The normalized spacial score (nSPS) is 10.6. The first-order valence-electron chi connectivity index (χ1n) is 10.5. The van der Waals surface area contributed by atoms with Gasteiger partial charge < -0.3 is 19.5 Å². The molecule has 0 spiro atoms. The molecule has 4 rings (SSSR count). The third kappa shape index (κ3) is 5.00. The molecule has 0 bridgehead atoms. The highest BCUT2D eigenvalue weighted by atomic mass is 35.5. The van der Waals surface area contributed by atoms with Crippen molar-refractivity contribution in [2.45, 2.75) is 6.54 Å². The largest absolute Gasteiger partial charge is 0.497 e. The Labute approximate surface area is 202 Å². The molecule has 1 N–H and O–H groups in total. The highest BCUT2D eigenvalue weighted by Crippen LogP contribution is 2.36. The highest BCUT2D eigenvalue weighted by Gasteiger charge is 2.21. The predicted octanol–water partition coefficient (Wildman–Crippen LogP) is 5.53. The lowest BCUT2D eigenvalue weighted by Gasteiger charge is -2.13. The second-order valence-electron chi connectivity index (χ2n) is 7.45. The SMILES string of the molecule is COc1cccc(-c2nn(Cc3ccccc3)cc2C(=O)Nc2cc(Cl)c(OC)cc2OC)c1. The zero-order valence-corrected chi connectivity index (χ0v) is 19.8. The quantitative estimate of drug-likeness (QED) is 0.361. The lowest BCUT2D eigenvalue weighted by Crippen LogP contribution is -2.13. The fourth-order valence-electron chi connectivity index (χ4n) is 3.57. The number of methoxy groups -OCH3 is 3. The van der Waals surface area contributed by atoms with Crippen LogP contribution in [0.25, 0.3) is 11.3 Å². The number of benzene rings is 3. The van der Waals surface area contributed by atoms with Gasteiger partial charge in [0.05, 0.1) is 44.1 Å². The number of carbonyl (C=O) groups excluding carboxylic acids is 1. The number of aromatic nitrogens is 2. The molecule has 0 aliphatic carbocycles. The number of carbonyl (C=O) groups is 1. The van der Waals surface area contributed by atoms with Crippen molar-refractivity contribution in [3.8, 4) is 28.5 Å². The van der Waals surface area contributed by atoms with Crippen molar-refractivity contribution in [3.63, 3.8) is 0 Å². The van der Waals surface area contributed by atoms with Crippen LogP contribution in [0, 0.1) is 0 Å². The summed E-state index contributed by atoms with van der Waals surface area (Å²) in [6.45, 7) is 0.517. The van der Waals surface area contributed by atoms with E-state index in [9.17, 15) is 4.79 Å². The smallest absolute Gasteiger partial charge is 0.259 e. The first-order valence-corrected chi connectivity index (χ1v) is 10.9. The van der Waals surface area contributed by atoms with E-state index in [-0.39, 0.29) is 5.91 Å². The van der Waals surface area contributed by atoms with E-state index in [0.717, 1.165) is 11.1 Å². The third-order valence-electron chi connectivity index (χ3n) is 5.26. The van der Waals surface area contributed by atoms with Crippen LogP contribution in [0.1, 0.15) is 15.9 Å². The van der Waals surface area contributed by atoms with Crippen LogP contribution >= 0.6 is 11.6 Å². The number of nitrogens with zero attached hydrogens (tertiary/aromatic N) is 2. The molecule has 0 aliphatic heterocycles. The number of anilines is 1. The Morgan fingerprint density at radius 2 is 1.71 bits per heavy atom. The zero-order chi connectivity index (χ0) is 24.1. The molecule has 0 atom stereocenters. The summed E-state index contributed by atoms with van der Waals surface area (Å²) in [5, 5.41) is 7.97. The topological polar surface area (TPSA) is 74.6 Å². The molecule has 7 nitrogen and oxygen atoms in total. The van der Waals surface area contributed by atoms with E-state index in [1.807, 2.05) is 54.6 Å². The van der Waals surface area contributed by atoms with Crippen LogP contribution in [0.5, 0.6) is 17.2 Å². The first kappa shape index (κ1) is 23.2. The molecule has 0 saturated heterocycles. The van der Waals surface area contributed by atoms with E-state index >= 15 is 0 Å². The van der Waals surface area contributed by atoms with Crippen molar-refractivity contribution in [2.75, 3.05) is 26.6 Å². The summed E-state index contributed by atoms with van der Waals surface area (Å²) in [6.07, 6.45) is 1.73. The molecular weight excluding hydrogens is 454 g/mol. The van der Waals surface area contributed by atoms with Gasteiger partial charge in [0, 0.05) is 17.8 Å². The summed E-state index contributed by atoms with van der Waals surface area (Å²) in [5.74, 6) is 1.19. The molecule has 0 aliphatic rings. The standard InChI is InChI=1S/C26H24ClN3O4/c1-32-19-11-7-10-18(12-19)25-20(16-30(29-25)15-17-8-5-4-6-9-17)26(31)28-22-13-21(27)23(33-2)14-24(22)34-3/h4-14,16H,15H2,1-3H3,(H,28,31). The molecule has 174 valence electrons. The van der Waals surface area contributed by atoms with E-state index in [2.05, 4.69) is 5.32 Å². The molecule has 1 heterocycles. The van der Waals surface area contributed by atoms with E-state index in [0.29, 0.717) is 45.8 Å². The van der Waals surface area contributed by atoms with Gasteiger partial charge in [0.2, 0.25) is 0 Å². The molecule has 0 saturated carbocycles.